The van der Waals surface area contributed by atoms with Crippen LogP contribution in [0.3, 0.4) is 0 Å². The van der Waals surface area contributed by atoms with Gasteiger partial charge in [0.25, 0.3) is 0 Å². The Morgan fingerprint density at radius 2 is 1.13 bits per heavy atom. The van der Waals surface area contributed by atoms with Gasteiger partial charge in [-0.25, -0.2) is 0 Å². The molecule has 1 atom stereocenters. The first-order chi connectivity index (χ1) is 28.7. The van der Waals surface area contributed by atoms with Crippen molar-refractivity contribution in [3.63, 3.8) is 0 Å². The molecule has 0 radical (unpaired) electrons. The molecule has 296 valence electrons. The van der Waals surface area contributed by atoms with E-state index in [1.807, 2.05) is 24.4 Å². The van der Waals surface area contributed by atoms with Crippen LogP contribution in [-0.2, 0) is 26.5 Å². The zero-order valence-electron chi connectivity index (χ0n) is 34.1. The zero-order chi connectivity index (χ0) is 40.5. The summed E-state index contributed by atoms with van der Waals surface area (Å²) in [5, 5.41) is 13.9. The van der Waals surface area contributed by atoms with Crippen LogP contribution in [0, 0.1) is 6.07 Å². The standard InChI is InChI=1S/C56H45N2O.Pt/c1-37(38-17-8-5-9-18-38)51-36-57-52(35-50(51)41-21-12-7-13-22-41)44-29-42(39-19-10-6-11-20-39)30-45(31-44)53-32-43(48-26-16-24-40-23-14-15-25-47(40)48)33-54(58-53)49-28-27-46(34-55(49)59)56(2,3)4;/h5-30,32-37,59H,1-4H3;/q-1;. The van der Waals surface area contributed by atoms with E-state index in [4.69, 9.17) is 9.97 Å². The monoisotopic (exact) mass is 956 g/mol. The van der Waals surface area contributed by atoms with E-state index in [9.17, 15) is 5.11 Å². The maximum Gasteiger partial charge on any atom is 0.125 e. The summed E-state index contributed by atoms with van der Waals surface area (Å²) < 4.78 is 0. The summed E-state index contributed by atoms with van der Waals surface area (Å²) in [4.78, 5) is 10.5. The number of benzene rings is 7. The van der Waals surface area contributed by atoms with Crippen molar-refractivity contribution in [3.8, 4) is 72.9 Å². The number of hydrogen-bond donors (Lipinski definition) is 1. The largest absolute Gasteiger partial charge is 0.507 e. The second-order valence-electron chi connectivity index (χ2n) is 16.4. The third-order valence-electron chi connectivity index (χ3n) is 11.4. The van der Waals surface area contributed by atoms with Crippen LogP contribution >= 0.6 is 0 Å². The van der Waals surface area contributed by atoms with Gasteiger partial charge in [0.1, 0.15) is 5.75 Å². The van der Waals surface area contributed by atoms with Gasteiger partial charge in [-0.2, -0.15) is 0 Å². The number of phenols is 1. The van der Waals surface area contributed by atoms with Gasteiger partial charge in [0.05, 0.1) is 5.69 Å². The first-order valence-corrected chi connectivity index (χ1v) is 20.3. The topological polar surface area (TPSA) is 46.0 Å². The molecule has 2 heterocycles. The first kappa shape index (κ1) is 40.4. The molecule has 1 unspecified atom stereocenters. The summed E-state index contributed by atoms with van der Waals surface area (Å²) in [6, 6.07) is 67.1. The smallest absolute Gasteiger partial charge is 0.125 e. The fourth-order valence-corrected chi connectivity index (χ4v) is 8.04. The van der Waals surface area contributed by atoms with Gasteiger partial charge < -0.3 is 5.11 Å². The average Bonchev–Trinajstić information content (AvgIpc) is 3.28. The zero-order valence-corrected chi connectivity index (χ0v) is 36.4. The Labute approximate surface area is 367 Å². The summed E-state index contributed by atoms with van der Waals surface area (Å²) in [7, 11) is 0. The molecule has 0 aliphatic rings. The average molecular weight is 957 g/mol. The third kappa shape index (κ3) is 8.24. The minimum atomic E-state index is -0.116. The van der Waals surface area contributed by atoms with Crippen LogP contribution in [0.4, 0.5) is 0 Å². The Balaban J connectivity index is 0.00000499. The fraction of sp³-hybridized carbons (Fsp3) is 0.107. The van der Waals surface area contributed by atoms with E-state index in [1.54, 1.807) is 0 Å². The van der Waals surface area contributed by atoms with E-state index in [1.165, 1.54) is 5.56 Å². The summed E-state index contributed by atoms with van der Waals surface area (Å²) in [5.41, 5.74) is 14.5. The summed E-state index contributed by atoms with van der Waals surface area (Å²) in [6.45, 7) is 8.71. The predicted octanol–water partition coefficient (Wildman–Crippen LogP) is 14.6. The van der Waals surface area contributed by atoms with Crippen LogP contribution in [-0.4, -0.2) is 15.1 Å². The molecule has 0 spiro atoms. The van der Waals surface area contributed by atoms with E-state index in [-0.39, 0.29) is 38.1 Å². The molecule has 9 aromatic rings. The Bertz CT molecular complexity index is 2930. The second-order valence-corrected chi connectivity index (χ2v) is 16.4. The maximum absolute atomic E-state index is 11.6. The van der Waals surface area contributed by atoms with Crippen molar-refractivity contribution >= 4 is 10.8 Å². The van der Waals surface area contributed by atoms with Crippen molar-refractivity contribution in [2.75, 3.05) is 0 Å². The Morgan fingerprint density at radius 1 is 0.517 bits per heavy atom. The normalized spacial score (nSPS) is 11.9. The minimum absolute atomic E-state index is 0. The van der Waals surface area contributed by atoms with Crippen molar-refractivity contribution in [2.45, 2.75) is 39.0 Å². The van der Waals surface area contributed by atoms with Crippen molar-refractivity contribution in [1.82, 2.24) is 9.97 Å². The first-order valence-electron chi connectivity index (χ1n) is 20.3. The SMILES string of the molecule is CC(c1ccccc1)c1cnc(-c2[c-]c(-c3cc(-c4cccc5ccccc45)cc(-c4ccc(C(C)(C)C)cc4O)n3)cc(-c3ccccc3)c2)cc1-c1ccccc1.[Pt]. The van der Waals surface area contributed by atoms with Gasteiger partial charge in [-0.05, 0) is 78.9 Å². The number of aromatic nitrogens is 2. The quantitative estimate of drug-likeness (QED) is 0.154. The molecule has 3 nitrogen and oxygen atoms in total. The van der Waals surface area contributed by atoms with Crippen LogP contribution in [0.25, 0.3) is 77.9 Å². The predicted molar refractivity (Wildman–Crippen MR) is 245 cm³/mol. The fourth-order valence-electron chi connectivity index (χ4n) is 8.04. The molecule has 1 N–H and O–H groups in total. The van der Waals surface area contributed by atoms with Crippen LogP contribution in [0.15, 0.2) is 188 Å². The third-order valence-corrected chi connectivity index (χ3v) is 11.4. The molecule has 0 fully saturated rings. The molecule has 0 aliphatic heterocycles. The second kappa shape index (κ2) is 17.1. The van der Waals surface area contributed by atoms with Crippen LogP contribution < -0.4 is 0 Å². The Hall–Kier alpha value is -6.41. The van der Waals surface area contributed by atoms with Crippen LogP contribution in [0.1, 0.15) is 50.3 Å². The van der Waals surface area contributed by atoms with Crippen molar-refractivity contribution < 1.29 is 26.2 Å². The number of rotatable bonds is 8. The number of phenolic OH excluding ortho intramolecular Hbond substituents is 1. The van der Waals surface area contributed by atoms with Crippen LogP contribution in [0.5, 0.6) is 5.75 Å². The molecule has 4 heteroatoms. The molecule has 2 aromatic heterocycles. The van der Waals surface area contributed by atoms with Gasteiger partial charge in [-0.15, -0.1) is 18.2 Å². The molecule has 0 bridgehead atoms. The van der Waals surface area contributed by atoms with Crippen molar-refractivity contribution in [1.29, 1.82) is 0 Å². The molecular formula is C56H45N2OPt-. The van der Waals surface area contributed by atoms with E-state index >= 15 is 0 Å². The van der Waals surface area contributed by atoms with Gasteiger partial charge in [0.15, 0.2) is 0 Å². The molecule has 0 saturated carbocycles. The van der Waals surface area contributed by atoms with Gasteiger partial charge in [0.2, 0.25) is 0 Å². The number of hydrogen-bond acceptors (Lipinski definition) is 3. The van der Waals surface area contributed by atoms with E-state index in [0.717, 1.165) is 77.8 Å². The molecule has 0 aliphatic carbocycles. The Morgan fingerprint density at radius 3 is 1.83 bits per heavy atom. The molecular weight excluding hydrogens is 912 g/mol. The van der Waals surface area contributed by atoms with E-state index < -0.39 is 0 Å². The van der Waals surface area contributed by atoms with E-state index in [0.29, 0.717) is 11.3 Å². The molecule has 0 saturated heterocycles. The summed E-state index contributed by atoms with van der Waals surface area (Å²) in [5.74, 6) is 0.340. The van der Waals surface area contributed by atoms with Gasteiger partial charge in [0, 0.05) is 50.1 Å². The number of fused-ring (bicyclic) bond motifs is 1. The molecule has 60 heavy (non-hydrogen) atoms. The molecule has 0 amide bonds. The summed E-state index contributed by atoms with van der Waals surface area (Å²) >= 11 is 0. The minimum Gasteiger partial charge on any atom is -0.507 e. The van der Waals surface area contributed by atoms with Gasteiger partial charge in [-0.1, -0.05) is 196 Å². The Kier molecular flexibility index (Phi) is 11.5. The summed E-state index contributed by atoms with van der Waals surface area (Å²) in [6.07, 6.45) is 2.04. The molecule has 9 rings (SSSR count). The van der Waals surface area contributed by atoms with Crippen LogP contribution in [0.2, 0.25) is 0 Å². The van der Waals surface area contributed by atoms with Crippen molar-refractivity contribution in [3.05, 3.63) is 211 Å². The van der Waals surface area contributed by atoms with Gasteiger partial charge >= 0.3 is 0 Å². The maximum atomic E-state index is 11.6. The van der Waals surface area contributed by atoms with E-state index in [2.05, 4.69) is 198 Å². The molecule has 7 aromatic carbocycles. The van der Waals surface area contributed by atoms with Gasteiger partial charge in [-0.3, -0.25) is 9.97 Å². The number of nitrogens with zero attached hydrogens (tertiary/aromatic N) is 2. The number of pyridine rings is 2. The number of aromatic hydroxyl groups is 1. The van der Waals surface area contributed by atoms with Crippen molar-refractivity contribution in [2.24, 2.45) is 0 Å².